The second-order valence-electron chi connectivity index (χ2n) is 3.30. The maximum atomic E-state index is 10.9. The first-order chi connectivity index (χ1) is 5.13. The molecule has 3 heteroatoms. The summed E-state index contributed by atoms with van der Waals surface area (Å²) >= 11 is 0. The van der Waals surface area contributed by atoms with E-state index >= 15 is 0 Å². The van der Waals surface area contributed by atoms with Crippen LogP contribution in [0.25, 0.3) is 0 Å². The summed E-state index contributed by atoms with van der Waals surface area (Å²) in [7, 11) is 0. The minimum atomic E-state index is -0.537. The lowest BCUT2D eigenvalue weighted by Crippen LogP contribution is -2.29. The van der Waals surface area contributed by atoms with E-state index in [4.69, 9.17) is 4.74 Å². The summed E-state index contributed by atoms with van der Waals surface area (Å²) < 4.78 is 4.74. The second kappa shape index (κ2) is 3.22. The molecule has 0 bridgehead atoms. The maximum absolute atomic E-state index is 10.9. The van der Waals surface area contributed by atoms with Crippen LogP contribution in [0.3, 0.4) is 0 Å². The highest BCUT2D eigenvalue weighted by Gasteiger charge is 2.34. The van der Waals surface area contributed by atoms with Gasteiger partial charge < -0.3 is 9.84 Å². The summed E-state index contributed by atoms with van der Waals surface area (Å²) in [6.07, 6.45) is 0.128. The highest BCUT2D eigenvalue weighted by molar-refractivity contribution is 5.74. The SMILES string of the molecule is CC(C)[C@@H](O)[C@H]1CCOC1=O. The normalized spacial score (nSPS) is 27.3. The number of aliphatic hydroxyl groups is 1. The topological polar surface area (TPSA) is 46.5 Å². The van der Waals surface area contributed by atoms with Gasteiger partial charge in [-0.1, -0.05) is 13.8 Å². The van der Waals surface area contributed by atoms with Crippen molar-refractivity contribution in [3.05, 3.63) is 0 Å². The number of esters is 1. The average molecular weight is 158 g/mol. The van der Waals surface area contributed by atoms with Crippen molar-refractivity contribution in [1.82, 2.24) is 0 Å². The number of hydrogen-bond acceptors (Lipinski definition) is 3. The molecule has 11 heavy (non-hydrogen) atoms. The van der Waals surface area contributed by atoms with Crippen LogP contribution in [-0.4, -0.2) is 23.8 Å². The van der Waals surface area contributed by atoms with E-state index in [2.05, 4.69) is 0 Å². The molecule has 1 rings (SSSR count). The molecule has 1 heterocycles. The minimum Gasteiger partial charge on any atom is -0.465 e. The Balaban J connectivity index is 2.52. The van der Waals surface area contributed by atoms with Crippen LogP contribution in [0.1, 0.15) is 20.3 Å². The van der Waals surface area contributed by atoms with Crippen molar-refractivity contribution in [3.63, 3.8) is 0 Å². The molecule has 3 nitrogen and oxygen atoms in total. The van der Waals surface area contributed by atoms with Crippen LogP contribution in [0.15, 0.2) is 0 Å². The zero-order valence-corrected chi connectivity index (χ0v) is 6.91. The van der Waals surface area contributed by atoms with Crippen LogP contribution < -0.4 is 0 Å². The van der Waals surface area contributed by atoms with Gasteiger partial charge >= 0.3 is 5.97 Å². The van der Waals surface area contributed by atoms with Crippen molar-refractivity contribution < 1.29 is 14.6 Å². The zero-order valence-electron chi connectivity index (χ0n) is 6.91. The molecule has 0 saturated carbocycles. The fraction of sp³-hybridized carbons (Fsp3) is 0.875. The summed E-state index contributed by atoms with van der Waals surface area (Å²) in [5.41, 5.74) is 0. The molecule has 1 N–H and O–H groups in total. The summed E-state index contributed by atoms with van der Waals surface area (Å²) in [4.78, 5) is 10.9. The van der Waals surface area contributed by atoms with Crippen LogP contribution in [0.4, 0.5) is 0 Å². The third kappa shape index (κ3) is 1.71. The number of hydrogen-bond donors (Lipinski definition) is 1. The summed E-state index contributed by atoms with van der Waals surface area (Å²) in [5.74, 6) is -0.396. The van der Waals surface area contributed by atoms with Gasteiger partial charge in [-0.3, -0.25) is 4.79 Å². The van der Waals surface area contributed by atoms with Gasteiger partial charge in [-0.15, -0.1) is 0 Å². The van der Waals surface area contributed by atoms with Crippen LogP contribution >= 0.6 is 0 Å². The van der Waals surface area contributed by atoms with Gasteiger partial charge in [-0.25, -0.2) is 0 Å². The van der Waals surface area contributed by atoms with Crippen molar-refractivity contribution in [2.24, 2.45) is 11.8 Å². The highest BCUT2D eigenvalue weighted by atomic mass is 16.5. The van der Waals surface area contributed by atoms with E-state index < -0.39 is 6.10 Å². The molecule has 0 amide bonds. The predicted molar refractivity (Wildman–Crippen MR) is 39.9 cm³/mol. The Kier molecular flexibility index (Phi) is 2.49. The smallest absolute Gasteiger partial charge is 0.311 e. The van der Waals surface area contributed by atoms with Gasteiger partial charge in [-0.05, 0) is 12.3 Å². The Morgan fingerprint density at radius 1 is 1.64 bits per heavy atom. The molecular formula is C8H14O3. The largest absolute Gasteiger partial charge is 0.465 e. The van der Waals surface area contributed by atoms with E-state index in [0.717, 1.165) is 0 Å². The molecule has 0 spiro atoms. The fourth-order valence-corrected chi connectivity index (χ4v) is 1.29. The first-order valence-corrected chi connectivity index (χ1v) is 3.97. The van der Waals surface area contributed by atoms with Crippen LogP contribution in [0.5, 0.6) is 0 Å². The molecular weight excluding hydrogens is 144 g/mol. The predicted octanol–water partition coefficient (Wildman–Crippen LogP) is 0.566. The summed E-state index contributed by atoms with van der Waals surface area (Å²) in [6.45, 7) is 4.26. The van der Waals surface area contributed by atoms with Gasteiger partial charge in [0.05, 0.1) is 18.6 Å². The zero-order chi connectivity index (χ0) is 8.43. The molecule has 1 saturated heterocycles. The van der Waals surface area contributed by atoms with Crippen LogP contribution in [0.2, 0.25) is 0 Å². The first-order valence-electron chi connectivity index (χ1n) is 3.97. The number of carbonyl (C=O) groups is 1. The number of ether oxygens (including phenoxy) is 1. The van der Waals surface area contributed by atoms with Gasteiger partial charge in [0.25, 0.3) is 0 Å². The Labute approximate surface area is 66.4 Å². The second-order valence-corrected chi connectivity index (χ2v) is 3.30. The lowest BCUT2D eigenvalue weighted by molar-refractivity contribution is -0.144. The number of rotatable bonds is 2. The number of aliphatic hydroxyl groups excluding tert-OH is 1. The third-order valence-corrected chi connectivity index (χ3v) is 2.07. The van der Waals surface area contributed by atoms with Crippen molar-refractivity contribution in [1.29, 1.82) is 0 Å². The van der Waals surface area contributed by atoms with Gasteiger partial charge in [0.2, 0.25) is 0 Å². The van der Waals surface area contributed by atoms with E-state index in [-0.39, 0.29) is 17.8 Å². The van der Waals surface area contributed by atoms with Crippen LogP contribution in [-0.2, 0) is 9.53 Å². The van der Waals surface area contributed by atoms with E-state index in [9.17, 15) is 9.90 Å². The molecule has 0 unspecified atom stereocenters. The van der Waals surface area contributed by atoms with Gasteiger partial charge in [-0.2, -0.15) is 0 Å². The quantitative estimate of drug-likeness (QED) is 0.597. The molecule has 0 radical (unpaired) electrons. The van der Waals surface area contributed by atoms with Crippen molar-refractivity contribution in [3.8, 4) is 0 Å². The van der Waals surface area contributed by atoms with E-state index in [1.54, 1.807) is 0 Å². The average Bonchev–Trinajstić information content (AvgIpc) is 2.33. The fourth-order valence-electron chi connectivity index (χ4n) is 1.29. The van der Waals surface area contributed by atoms with Gasteiger partial charge in [0, 0.05) is 0 Å². The number of cyclic esters (lactones) is 1. The van der Waals surface area contributed by atoms with E-state index in [1.807, 2.05) is 13.8 Å². The summed E-state index contributed by atoms with van der Waals surface area (Å²) in [6, 6.07) is 0. The molecule has 1 aliphatic rings. The van der Waals surface area contributed by atoms with Crippen molar-refractivity contribution >= 4 is 5.97 Å². The monoisotopic (exact) mass is 158 g/mol. The molecule has 1 fully saturated rings. The molecule has 1 aliphatic heterocycles. The lowest BCUT2D eigenvalue weighted by atomic mass is 9.92. The molecule has 0 aromatic heterocycles. The molecule has 2 atom stereocenters. The van der Waals surface area contributed by atoms with E-state index in [0.29, 0.717) is 13.0 Å². The molecule has 0 aliphatic carbocycles. The minimum absolute atomic E-state index is 0.130. The Morgan fingerprint density at radius 3 is 2.64 bits per heavy atom. The third-order valence-electron chi connectivity index (χ3n) is 2.07. The Hall–Kier alpha value is -0.570. The first kappa shape index (κ1) is 8.53. The number of carbonyl (C=O) groups excluding carboxylic acids is 1. The van der Waals surface area contributed by atoms with Gasteiger partial charge in [0.15, 0.2) is 0 Å². The molecule has 64 valence electrons. The van der Waals surface area contributed by atoms with Crippen LogP contribution in [0, 0.1) is 11.8 Å². The molecule has 0 aromatic carbocycles. The standard InChI is InChI=1S/C8H14O3/c1-5(2)7(9)6-3-4-11-8(6)10/h5-7,9H,3-4H2,1-2H3/t6-,7-/m1/s1. The Bertz CT molecular complexity index is 153. The maximum Gasteiger partial charge on any atom is 0.311 e. The lowest BCUT2D eigenvalue weighted by Gasteiger charge is -2.17. The van der Waals surface area contributed by atoms with Gasteiger partial charge in [0.1, 0.15) is 0 Å². The highest BCUT2D eigenvalue weighted by Crippen LogP contribution is 2.22. The molecule has 0 aromatic rings. The van der Waals surface area contributed by atoms with E-state index in [1.165, 1.54) is 0 Å². The Morgan fingerprint density at radius 2 is 2.27 bits per heavy atom. The van der Waals surface area contributed by atoms with Crippen molar-refractivity contribution in [2.75, 3.05) is 6.61 Å². The summed E-state index contributed by atoms with van der Waals surface area (Å²) in [5, 5.41) is 9.50. The van der Waals surface area contributed by atoms with Crippen molar-refractivity contribution in [2.45, 2.75) is 26.4 Å².